The van der Waals surface area contributed by atoms with E-state index in [2.05, 4.69) is 20.6 Å². The number of benzene rings is 1. The predicted molar refractivity (Wildman–Crippen MR) is 112 cm³/mol. The molecule has 0 fully saturated rings. The van der Waals surface area contributed by atoms with Gasteiger partial charge in [-0.2, -0.15) is 0 Å². The van der Waals surface area contributed by atoms with Crippen LogP contribution >= 0.6 is 0 Å². The van der Waals surface area contributed by atoms with Crippen molar-refractivity contribution < 1.29 is 14.3 Å². The molecule has 148 valence electrons. The van der Waals surface area contributed by atoms with Crippen LogP contribution in [0.15, 0.2) is 67.1 Å². The van der Waals surface area contributed by atoms with E-state index in [1.54, 1.807) is 69.6 Å². The zero-order valence-corrected chi connectivity index (χ0v) is 16.5. The van der Waals surface area contributed by atoms with Crippen molar-refractivity contribution in [2.24, 2.45) is 0 Å². The number of anilines is 2. The second-order valence-corrected chi connectivity index (χ2v) is 7.29. The van der Waals surface area contributed by atoms with Gasteiger partial charge in [-0.1, -0.05) is 12.1 Å². The Morgan fingerprint density at radius 2 is 1.55 bits per heavy atom. The molecule has 1 aromatic carbocycles. The van der Waals surface area contributed by atoms with Gasteiger partial charge in [-0.3, -0.25) is 20.1 Å². The summed E-state index contributed by atoms with van der Waals surface area (Å²) in [4.78, 5) is 33.0. The molecule has 7 heteroatoms. The molecule has 2 N–H and O–H groups in total. The molecule has 0 unspecified atom stereocenters. The minimum Gasteiger partial charge on any atom is -0.444 e. The molecule has 2 aromatic heterocycles. The van der Waals surface area contributed by atoms with Crippen molar-refractivity contribution in [3.05, 3.63) is 72.7 Å². The van der Waals surface area contributed by atoms with Gasteiger partial charge >= 0.3 is 6.09 Å². The number of nitrogens with zero attached hydrogens (tertiary/aromatic N) is 2. The predicted octanol–water partition coefficient (Wildman–Crippen LogP) is 4.74. The lowest BCUT2D eigenvalue weighted by molar-refractivity contribution is 0.0635. The maximum absolute atomic E-state index is 12.6. The summed E-state index contributed by atoms with van der Waals surface area (Å²) in [6.07, 6.45) is 4.29. The van der Waals surface area contributed by atoms with Crippen LogP contribution in [0.5, 0.6) is 0 Å². The van der Waals surface area contributed by atoms with Gasteiger partial charge in [0.25, 0.3) is 5.91 Å². The highest BCUT2D eigenvalue weighted by molar-refractivity contribution is 6.06. The molecule has 0 aliphatic heterocycles. The quantitative estimate of drug-likeness (QED) is 0.671. The maximum atomic E-state index is 12.6. The molecule has 29 heavy (non-hydrogen) atoms. The van der Waals surface area contributed by atoms with E-state index in [4.69, 9.17) is 4.74 Å². The lowest BCUT2D eigenvalue weighted by atomic mass is 10.1. The van der Waals surface area contributed by atoms with Gasteiger partial charge in [0.1, 0.15) is 5.60 Å². The van der Waals surface area contributed by atoms with Gasteiger partial charge in [0.2, 0.25) is 0 Å². The molecule has 0 radical (unpaired) electrons. The largest absolute Gasteiger partial charge is 0.444 e. The number of carbonyl (C=O) groups excluding carboxylic acids is 2. The van der Waals surface area contributed by atoms with Crippen LogP contribution in [0, 0.1) is 0 Å². The Morgan fingerprint density at radius 1 is 0.897 bits per heavy atom. The van der Waals surface area contributed by atoms with E-state index in [9.17, 15) is 9.59 Å². The molecule has 3 rings (SSSR count). The summed E-state index contributed by atoms with van der Waals surface area (Å²) in [6.45, 7) is 5.34. The molecule has 0 atom stereocenters. The first-order valence-corrected chi connectivity index (χ1v) is 9.09. The van der Waals surface area contributed by atoms with E-state index in [0.29, 0.717) is 16.9 Å². The number of aromatic nitrogens is 2. The fourth-order valence-electron chi connectivity index (χ4n) is 2.53. The summed E-state index contributed by atoms with van der Waals surface area (Å²) in [7, 11) is 0. The number of hydrogen-bond acceptors (Lipinski definition) is 5. The average molecular weight is 390 g/mol. The van der Waals surface area contributed by atoms with Crippen molar-refractivity contribution in [3.63, 3.8) is 0 Å². The first-order valence-electron chi connectivity index (χ1n) is 9.09. The lowest BCUT2D eigenvalue weighted by Gasteiger charge is -2.20. The standard InChI is InChI=1S/C22H22N4O3/c1-22(2,3)29-21(28)26-19-7-5-4-6-18(19)25-20(27)16-8-9-17(24-14-16)15-10-12-23-13-11-15/h4-14H,1-3H3,(H,25,27)(H,26,28). The van der Waals surface area contributed by atoms with E-state index in [1.165, 1.54) is 6.20 Å². The number of pyridine rings is 2. The highest BCUT2D eigenvalue weighted by atomic mass is 16.6. The zero-order valence-electron chi connectivity index (χ0n) is 16.5. The Bertz CT molecular complexity index is 997. The van der Waals surface area contributed by atoms with Crippen LogP contribution in [0.1, 0.15) is 31.1 Å². The molecule has 3 aromatic rings. The van der Waals surface area contributed by atoms with Crippen molar-refractivity contribution in [1.82, 2.24) is 9.97 Å². The van der Waals surface area contributed by atoms with Crippen LogP contribution in [0.2, 0.25) is 0 Å². The van der Waals surface area contributed by atoms with Crippen molar-refractivity contribution in [2.45, 2.75) is 26.4 Å². The molecule has 2 amide bonds. The van der Waals surface area contributed by atoms with Gasteiger partial charge in [0, 0.05) is 24.2 Å². The summed E-state index contributed by atoms with van der Waals surface area (Å²) in [6, 6.07) is 14.1. The second kappa shape index (κ2) is 8.52. The summed E-state index contributed by atoms with van der Waals surface area (Å²) in [5.74, 6) is -0.336. The van der Waals surface area contributed by atoms with Gasteiger partial charge in [0.15, 0.2) is 0 Å². The lowest BCUT2D eigenvalue weighted by Crippen LogP contribution is -2.27. The molecular weight excluding hydrogens is 368 g/mol. The van der Waals surface area contributed by atoms with Gasteiger partial charge in [-0.05, 0) is 57.2 Å². The van der Waals surface area contributed by atoms with Gasteiger partial charge in [-0.15, -0.1) is 0 Å². The van der Waals surface area contributed by atoms with Gasteiger partial charge < -0.3 is 10.1 Å². The minimum atomic E-state index is -0.621. The third-order valence-electron chi connectivity index (χ3n) is 3.81. The average Bonchev–Trinajstić information content (AvgIpc) is 2.69. The highest BCUT2D eigenvalue weighted by Gasteiger charge is 2.18. The van der Waals surface area contributed by atoms with E-state index in [-0.39, 0.29) is 5.91 Å². The van der Waals surface area contributed by atoms with Gasteiger partial charge in [-0.25, -0.2) is 4.79 Å². The molecule has 0 aliphatic rings. The molecular formula is C22H22N4O3. The van der Waals surface area contributed by atoms with Crippen LogP contribution in [0.3, 0.4) is 0 Å². The Balaban J connectivity index is 1.72. The summed E-state index contributed by atoms with van der Waals surface area (Å²) in [5.41, 5.74) is 2.34. The zero-order chi connectivity index (χ0) is 20.9. The number of carbonyl (C=O) groups is 2. The smallest absolute Gasteiger partial charge is 0.412 e. The number of hydrogen-bond donors (Lipinski definition) is 2. The number of ether oxygens (including phenoxy) is 1. The number of para-hydroxylation sites is 2. The Morgan fingerprint density at radius 3 is 2.14 bits per heavy atom. The molecule has 0 saturated heterocycles. The third-order valence-corrected chi connectivity index (χ3v) is 3.81. The summed E-state index contributed by atoms with van der Waals surface area (Å²) >= 11 is 0. The van der Waals surface area contributed by atoms with E-state index in [1.807, 2.05) is 12.1 Å². The first kappa shape index (κ1) is 20.0. The van der Waals surface area contributed by atoms with Gasteiger partial charge in [0.05, 0.1) is 22.6 Å². The molecule has 0 bridgehead atoms. The summed E-state index contributed by atoms with van der Waals surface area (Å²) < 4.78 is 5.26. The first-order chi connectivity index (χ1) is 13.8. The van der Waals surface area contributed by atoms with Crippen LogP contribution in [0.4, 0.5) is 16.2 Å². The van der Waals surface area contributed by atoms with E-state index in [0.717, 1.165) is 11.3 Å². The third kappa shape index (κ3) is 5.62. The molecule has 2 heterocycles. The molecule has 0 saturated carbocycles. The molecule has 0 aliphatic carbocycles. The maximum Gasteiger partial charge on any atom is 0.412 e. The van der Waals surface area contributed by atoms with Crippen LogP contribution in [-0.2, 0) is 4.74 Å². The van der Waals surface area contributed by atoms with Crippen molar-refractivity contribution in [3.8, 4) is 11.3 Å². The number of nitrogens with one attached hydrogen (secondary N) is 2. The Hall–Kier alpha value is -3.74. The highest BCUT2D eigenvalue weighted by Crippen LogP contribution is 2.23. The van der Waals surface area contributed by atoms with Crippen molar-refractivity contribution in [1.29, 1.82) is 0 Å². The normalized spacial score (nSPS) is 10.9. The molecule has 7 nitrogen and oxygen atoms in total. The molecule has 0 spiro atoms. The monoisotopic (exact) mass is 390 g/mol. The van der Waals surface area contributed by atoms with Crippen LogP contribution in [-0.4, -0.2) is 27.6 Å². The number of rotatable bonds is 4. The topological polar surface area (TPSA) is 93.2 Å². The second-order valence-electron chi connectivity index (χ2n) is 7.29. The number of amides is 2. The Kier molecular flexibility index (Phi) is 5.87. The van der Waals surface area contributed by atoms with E-state index < -0.39 is 11.7 Å². The fraction of sp³-hybridized carbons (Fsp3) is 0.182. The van der Waals surface area contributed by atoms with Crippen molar-refractivity contribution >= 4 is 23.4 Å². The Labute approximate surface area is 169 Å². The van der Waals surface area contributed by atoms with E-state index >= 15 is 0 Å². The van der Waals surface area contributed by atoms with Crippen molar-refractivity contribution in [2.75, 3.05) is 10.6 Å². The fourth-order valence-corrected chi connectivity index (χ4v) is 2.53. The minimum absolute atomic E-state index is 0.336. The van der Waals surface area contributed by atoms with Crippen LogP contribution in [0.25, 0.3) is 11.3 Å². The SMILES string of the molecule is CC(C)(C)OC(=O)Nc1ccccc1NC(=O)c1ccc(-c2ccncc2)nc1. The summed E-state index contributed by atoms with van der Waals surface area (Å²) in [5, 5.41) is 5.45. The van der Waals surface area contributed by atoms with Crippen LogP contribution < -0.4 is 10.6 Å².